The number of halogens is 1. The van der Waals surface area contributed by atoms with Gasteiger partial charge in [-0.15, -0.1) is 0 Å². The third-order valence-electron chi connectivity index (χ3n) is 3.19. The number of nitrogens with zero attached hydrogens (tertiary/aromatic N) is 1. The first kappa shape index (κ1) is 13.5. The van der Waals surface area contributed by atoms with Gasteiger partial charge in [0.25, 0.3) is 0 Å². The van der Waals surface area contributed by atoms with Crippen molar-refractivity contribution in [2.75, 3.05) is 11.9 Å². The van der Waals surface area contributed by atoms with Crippen molar-refractivity contribution < 1.29 is 0 Å². The van der Waals surface area contributed by atoms with Gasteiger partial charge < -0.3 is 5.32 Å². The molecule has 1 unspecified atom stereocenters. The number of aryl methyl sites for hydroxylation is 1. The monoisotopic (exact) mass is 302 g/mol. The van der Waals surface area contributed by atoms with Crippen LogP contribution in [0.1, 0.15) is 16.4 Å². The quantitative estimate of drug-likeness (QED) is 0.853. The van der Waals surface area contributed by atoms with Crippen molar-refractivity contribution in [2.24, 2.45) is 4.99 Å². The second kappa shape index (κ2) is 5.90. The first-order valence-electron chi connectivity index (χ1n) is 6.51. The maximum Gasteiger partial charge on any atom is 0.161 e. The Hall–Kier alpha value is -1.45. The molecule has 0 saturated heterocycles. The highest BCUT2D eigenvalue weighted by molar-refractivity contribution is 8.14. The number of benzene rings is 2. The molecule has 2 aromatic carbocycles. The molecule has 3 rings (SSSR count). The van der Waals surface area contributed by atoms with E-state index in [1.807, 2.05) is 24.3 Å². The highest BCUT2D eigenvalue weighted by Crippen LogP contribution is 2.36. The molecule has 0 fully saturated rings. The average Bonchev–Trinajstić information content (AvgIpc) is 2.92. The zero-order chi connectivity index (χ0) is 13.9. The summed E-state index contributed by atoms with van der Waals surface area (Å²) >= 11 is 7.95. The fourth-order valence-corrected chi connectivity index (χ4v) is 3.33. The maximum atomic E-state index is 6.20. The third kappa shape index (κ3) is 3.00. The highest BCUT2D eigenvalue weighted by Gasteiger charge is 2.21. The minimum atomic E-state index is 0.391. The molecule has 0 amide bonds. The normalized spacial score (nSPS) is 17.9. The lowest BCUT2D eigenvalue weighted by molar-refractivity contribution is 0.966. The van der Waals surface area contributed by atoms with E-state index in [-0.39, 0.29) is 0 Å². The Balaban J connectivity index is 1.70. The minimum Gasteiger partial charge on any atom is -0.334 e. The van der Waals surface area contributed by atoms with Gasteiger partial charge in [-0.2, -0.15) is 0 Å². The Morgan fingerprint density at radius 1 is 1.20 bits per heavy atom. The summed E-state index contributed by atoms with van der Waals surface area (Å²) in [5.41, 5.74) is 3.42. The van der Waals surface area contributed by atoms with E-state index >= 15 is 0 Å². The topological polar surface area (TPSA) is 24.4 Å². The lowest BCUT2D eigenvalue weighted by Crippen LogP contribution is -2.06. The summed E-state index contributed by atoms with van der Waals surface area (Å²) in [7, 11) is 0. The van der Waals surface area contributed by atoms with Crippen LogP contribution in [0, 0.1) is 6.92 Å². The molecule has 0 saturated carbocycles. The van der Waals surface area contributed by atoms with Crippen molar-refractivity contribution in [1.82, 2.24) is 0 Å². The number of aliphatic imine (C=N–C) groups is 1. The number of rotatable bonds is 2. The van der Waals surface area contributed by atoms with Crippen LogP contribution < -0.4 is 5.32 Å². The van der Waals surface area contributed by atoms with Crippen LogP contribution in [-0.2, 0) is 0 Å². The number of thioether (sulfide) groups is 1. The van der Waals surface area contributed by atoms with E-state index in [0.717, 1.165) is 22.4 Å². The standard InChI is InChI=1S/C16H15ClN2S/c1-11-7-8-13(17)14(9-11)19-16-18-10-15(20-16)12-5-3-2-4-6-12/h2-9,15H,10H2,1H3,(H,18,19). The lowest BCUT2D eigenvalue weighted by atomic mass is 10.1. The number of hydrogen-bond acceptors (Lipinski definition) is 3. The van der Waals surface area contributed by atoms with Crippen LogP contribution in [0.25, 0.3) is 0 Å². The van der Waals surface area contributed by atoms with Gasteiger partial charge in [-0.3, -0.25) is 4.99 Å². The summed E-state index contributed by atoms with van der Waals surface area (Å²) in [4.78, 5) is 4.57. The zero-order valence-corrected chi connectivity index (χ0v) is 12.7. The summed E-state index contributed by atoms with van der Waals surface area (Å²) in [6, 6.07) is 16.4. The van der Waals surface area contributed by atoms with Crippen molar-refractivity contribution >= 4 is 34.2 Å². The number of nitrogens with one attached hydrogen (secondary N) is 1. The summed E-state index contributed by atoms with van der Waals surface area (Å²) < 4.78 is 0. The van der Waals surface area contributed by atoms with Crippen molar-refractivity contribution in [3.05, 3.63) is 64.7 Å². The van der Waals surface area contributed by atoms with Crippen molar-refractivity contribution in [2.45, 2.75) is 12.2 Å². The van der Waals surface area contributed by atoms with Gasteiger partial charge in [0.05, 0.1) is 22.5 Å². The minimum absolute atomic E-state index is 0.391. The van der Waals surface area contributed by atoms with Gasteiger partial charge in [-0.05, 0) is 30.2 Å². The molecule has 0 aromatic heterocycles. The number of hydrogen-bond donors (Lipinski definition) is 1. The molecule has 1 heterocycles. The molecular formula is C16H15ClN2S. The largest absolute Gasteiger partial charge is 0.334 e. The second-order valence-electron chi connectivity index (χ2n) is 4.77. The summed E-state index contributed by atoms with van der Waals surface area (Å²) in [5, 5.41) is 5.38. The average molecular weight is 303 g/mol. The van der Waals surface area contributed by atoms with E-state index in [1.165, 1.54) is 11.1 Å². The highest BCUT2D eigenvalue weighted by atomic mass is 35.5. The maximum absolute atomic E-state index is 6.20. The number of amidine groups is 1. The van der Waals surface area contributed by atoms with E-state index in [2.05, 4.69) is 41.5 Å². The SMILES string of the molecule is Cc1ccc(Cl)c(NC2=NCC(c3ccccc3)S2)c1. The van der Waals surface area contributed by atoms with Crippen LogP contribution in [0.5, 0.6) is 0 Å². The fraction of sp³-hybridized carbons (Fsp3) is 0.188. The van der Waals surface area contributed by atoms with E-state index < -0.39 is 0 Å². The molecule has 1 N–H and O–H groups in total. The van der Waals surface area contributed by atoms with Gasteiger partial charge in [0.15, 0.2) is 5.17 Å². The third-order valence-corrected chi connectivity index (χ3v) is 4.68. The first-order valence-corrected chi connectivity index (χ1v) is 7.77. The molecule has 4 heteroatoms. The van der Waals surface area contributed by atoms with Crippen LogP contribution in [0.4, 0.5) is 5.69 Å². The molecule has 0 bridgehead atoms. The van der Waals surface area contributed by atoms with Gasteiger partial charge in [0.2, 0.25) is 0 Å². The predicted molar refractivity (Wildman–Crippen MR) is 88.9 cm³/mol. The molecule has 1 aliphatic rings. The van der Waals surface area contributed by atoms with E-state index in [1.54, 1.807) is 11.8 Å². The van der Waals surface area contributed by atoms with Gasteiger partial charge in [-0.1, -0.05) is 59.8 Å². The van der Waals surface area contributed by atoms with Gasteiger partial charge in [0, 0.05) is 0 Å². The fourth-order valence-electron chi connectivity index (χ4n) is 2.14. The lowest BCUT2D eigenvalue weighted by Gasteiger charge is -2.11. The molecule has 2 nitrogen and oxygen atoms in total. The molecule has 1 aliphatic heterocycles. The molecule has 1 atom stereocenters. The van der Waals surface area contributed by atoms with Crippen LogP contribution in [0.3, 0.4) is 0 Å². The smallest absolute Gasteiger partial charge is 0.161 e. The van der Waals surface area contributed by atoms with Crippen LogP contribution in [0.15, 0.2) is 53.5 Å². The molecule has 0 spiro atoms. The zero-order valence-electron chi connectivity index (χ0n) is 11.1. The van der Waals surface area contributed by atoms with Crippen molar-refractivity contribution in [3.63, 3.8) is 0 Å². The van der Waals surface area contributed by atoms with Gasteiger partial charge in [-0.25, -0.2) is 0 Å². The molecule has 2 aromatic rings. The Morgan fingerprint density at radius 2 is 2.00 bits per heavy atom. The summed E-state index contributed by atoms with van der Waals surface area (Å²) in [5.74, 6) is 0. The number of anilines is 1. The Labute approximate surface area is 128 Å². The van der Waals surface area contributed by atoms with E-state index in [4.69, 9.17) is 11.6 Å². The van der Waals surface area contributed by atoms with E-state index in [9.17, 15) is 0 Å². The van der Waals surface area contributed by atoms with Crippen LogP contribution in [-0.4, -0.2) is 11.7 Å². The second-order valence-corrected chi connectivity index (χ2v) is 6.37. The Kier molecular flexibility index (Phi) is 3.99. The summed E-state index contributed by atoms with van der Waals surface area (Å²) in [6.07, 6.45) is 0. The summed E-state index contributed by atoms with van der Waals surface area (Å²) in [6.45, 7) is 2.86. The van der Waals surface area contributed by atoms with Crippen molar-refractivity contribution in [1.29, 1.82) is 0 Å². The van der Waals surface area contributed by atoms with Crippen molar-refractivity contribution in [3.8, 4) is 0 Å². The molecule has 20 heavy (non-hydrogen) atoms. The van der Waals surface area contributed by atoms with Crippen LogP contribution in [0.2, 0.25) is 5.02 Å². The Bertz CT molecular complexity index is 640. The molecule has 102 valence electrons. The van der Waals surface area contributed by atoms with E-state index in [0.29, 0.717) is 5.25 Å². The van der Waals surface area contributed by atoms with Gasteiger partial charge >= 0.3 is 0 Å². The predicted octanol–water partition coefficient (Wildman–Crippen LogP) is 4.90. The first-order chi connectivity index (χ1) is 9.72. The molecule has 0 aliphatic carbocycles. The van der Waals surface area contributed by atoms with Crippen LogP contribution >= 0.6 is 23.4 Å². The molecular weight excluding hydrogens is 288 g/mol. The van der Waals surface area contributed by atoms with Gasteiger partial charge in [0.1, 0.15) is 0 Å². The Morgan fingerprint density at radius 3 is 2.80 bits per heavy atom. The molecule has 0 radical (unpaired) electrons.